The van der Waals surface area contributed by atoms with E-state index in [-0.39, 0.29) is 28.4 Å². The van der Waals surface area contributed by atoms with Crippen LogP contribution < -0.4 is 0 Å². The van der Waals surface area contributed by atoms with Gasteiger partial charge in [0.1, 0.15) is 40.2 Å². The van der Waals surface area contributed by atoms with Gasteiger partial charge < -0.3 is 10.2 Å². The van der Waals surface area contributed by atoms with Crippen molar-refractivity contribution in [1.82, 2.24) is 24.1 Å². The highest BCUT2D eigenvalue weighted by molar-refractivity contribution is 7.11. The van der Waals surface area contributed by atoms with Crippen molar-refractivity contribution in [2.24, 2.45) is 27.5 Å². The highest BCUT2D eigenvalue weighted by atomic mass is 32.1. The zero-order valence-electron chi connectivity index (χ0n) is 14.7. The van der Waals surface area contributed by atoms with Crippen molar-refractivity contribution in [2.75, 3.05) is 0 Å². The number of hydrogen-bond donors (Lipinski definition) is 2. The average molecular weight is 395 g/mol. The fourth-order valence-corrected chi connectivity index (χ4v) is 2.98. The SMILES string of the molecule is Cc1c(O)c(N=Nc2snc3cncnc23)cc(N=Nc2ccnn2C)c1O. The molecular weight excluding hydrogens is 382 g/mol. The molecule has 3 heterocycles. The van der Waals surface area contributed by atoms with Gasteiger partial charge in [0.25, 0.3) is 0 Å². The van der Waals surface area contributed by atoms with E-state index in [2.05, 4.69) is 39.9 Å². The van der Waals surface area contributed by atoms with Crippen molar-refractivity contribution >= 4 is 44.8 Å². The Hall–Kier alpha value is -3.80. The summed E-state index contributed by atoms with van der Waals surface area (Å²) < 4.78 is 5.72. The van der Waals surface area contributed by atoms with Gasteiger partial charge in [-0.15, -0.1) is 20.5 Å². The van der Waals surface area contributed by atoms with E-state index in [0.29, 0.717) is 21.9 Å². The number of aromatic hydroxyl groups is 2. The lowest BCUT2D eigenvalue weighted by Gasteiger charge is -2.07. The maximum Gasteiger partial charge on any atom is 0.185 e. The summed E-state index contributed by atoms with van der Waals surface area (Å²) in [4.78, 5) is 8.03. The Bertz CT molecular complexity index is 1230. The van der Waals surface area contributed by atoms with Crippen LogP contribution in [0.4, 0.5) is 22.2 Å². The van der Waals surface area contributed by atoms with E-state index in [4.69, 9.17) is 0 Å². The minimum atomic E-state index is -0.204. The van der Waals surface area contributed by atoms with Crippen LogP contribution in [0.15, 0.2) is 51.3 Å². The van der Waals surface area contributed by atoms with E-state index >= 15 is 0 Å². The van der Waals surface area contributed by atoms with Crippen LogP contribution in [0.25, 0.3) is 11.0 Å². The highest BCUT2D eigenvalue weighted by Gasteiger charge is 2.15. The summed E-state index contributed by atoms with van der Waals surface area (Å²) in [6, 6.07) is 3.06. The molecule has 0 unspecified atom stereocenters. The molecule has 4 rings (SSSR count). The zero-order chi connectivity index (χ0) is 19.7. The second-order valence-electron chi connectivity index (χ2n) is 5.69. The van der Waals surface area contributed by atoms with Crippen LogP contribution >= 0.6 is 11.5 Å². The molecule has 1 aromatic carbocycles. The molecule has 0 atom stereocenters. The van der Waals surface area contributed by atoms with Gasteiger partial charge in [-0.05, 0) is 18.5 Å². The summed E-state index contributed by atoms with van der Waals surface area (Å²) in [5, 5.41) is 41.3. The molecule has 140 valence electrons. The Kier molecular flexibility index (Phi) is 4.45. The molecule has 0 fully saturated rings. The van der Waals surface area contributed by atoms with Crippen molar-refractivity contribution in [3.8, 4) is 11.5 Å². The molecule has 0 aliphatic heterocycles. The number of benzene rings is 1. The number of aromatic nitrogens is 5. The average Bonchev–Trinajstić information content (AvgIpc) is 3.31. The van der Waals surface area contributed by atoms with Crippen LogP contribution in [0.3, 0.4) is 0 Å². The maximum absolute atomic E-state index is 10.3. The molecule has 0 spiro atoms. The fourth-order valence-electron chi connectivity index (χ4n) is 2.34. The Morgan fingerprint density at radius 1 is 1.07 bits per heavy atom. The first-order valence-corrected chi connectivity index (χ1v) is 8.74. The van der Waals surface area contributed by atoms with E-state index in [9.17, 15) is 10.2 Å². The quantitative estimate of drug-likeness (QED) is 0.490. The van der Waals surface area contributed by atoms with Crippen LogP contribution in [-0.4, -0.2) is 34.3 Å². The number of phenolic OH excluding ortho intramolecular Hbond substituents is 2. The first-order chi connectivity index (χ1) is 13.5. The van der Waals surface area contributed by atoms with Crippen LogP contribution in [0.5, 0.6) is 11.5 Å². The van der Waals surface area contributed by atoms with Gasteiger partial charge >= 0.3 is 0 Å². The molecule has 2 N–H and O–H groups in total. The normalized spacial score (nSPS) is 11.9. The number of nitrogens with zero attached hydrogens (tertiary/aromatic N) is 9. The van der Waals surface area contributed by atoms with E-state index in [0.717, 1.165) is 11.5 Å². The van der Waals surface area contributed by atoms with Crippen molar-refractivity contribution in [1.29, 1.82) is 0 Å². The lowest BCUT2D eigenvalue weighted by molar-refractivity contribution is 0.444. The number of aryl methyl sites for hydroxylation is 1. The lowest BCUT2D eigenvalue weighted by Crippen LogP contribution is -1.87. The number of fused-ring (bicyclic) bond motifs is 1. The summed E-state index contributed by atoms with van der Waals surface area (Å²) in [6.07, 6.45) is 4.56. The van der Waals surface area contributed by atoms with Crippen molar-refractivity contribution < 1.29 is 10.2 Å². The van der Waals surface area contributed by atoms with E-state index in [1.807, 2.05) is 0 Å². The fraction of sp³-hybridized carbons (Fsp3) is 0.125. The summed E-state index contributed by atoms with van der Waals surface area (Å²) in [6.45, 7) is 1.54. The van der Waals surface area contributed by atoms with E-state index in [1.54, 1.807) is 32.4 Å². The molecule has 11 nitrogen and oxygen atoms in total. The monoisotopic (exact) mass is 395 g/mol. The number of phenols is 2. The Balaban J connectivity index is 1.72. The van der Waals surface area contributed by atoms with Gasteiger partial charge in [0, 0.05) is 24.7 Å². The van der Waals surface area contributed by atoms with Crippen molar-refractivity contribution in [3.05, 3.63) is 36.4 Å². The van der Waals surface area contributed by atoms with Crippen molar-refractivity contribution in [3.63, 3.8) is 0 Å². The number of azo groups is 2. The molecule has 4 aromatic rings. The highest BCUT2D eigenvalue weighted by Crippen LogP contribution is 2.44. The third kappa shape index (κ3) is 3.16. The second-order valence-corrected chi connectivity index (χ2v) is 6.45. The second kappa shape index (κ2) is 7.08. The smallest absolute Gasteiger partial charge is 0.185 e. The summed E-state index contributed by atoms with van der Waals surface area (Å²) in [5.74, 6) is 0.103. The Morgan fingerprint density at radius 2 is 1.82 bits per heavy atom. The first-order valence-electron chi connectivity index (χ1n) is 7.97. The molecule has 0 saturated carbocycles. The third-order valence-electron chi connectivity index (χ3n) is 3.90. The van der Waals surface area contributed by atoms with Gasteiger partial charge in [0.15, 0.2) is 10.8 Å². The number of rotatable bonds is 4. The lowest BCUT2D eigenvalue weighted by atomic mass is 10.1. The molecule has 0 amide bonds. The predicted octanol–water partition coefficient (Wildman–Crippen LogP) is 4.37. The Morgan fingerprint density at radius 3 is 2.54 bits per heavy atom. The molecule has 0 aliphatic carbocycles. The molecule has 0 saturated heterocycles. The predicted molar refractivity (Wildman–Crippen MR) is 101 cm³/mol. The largest absolute Gasteiger partial charge is 0.505 e. The zero-order valence-corrected chi connectivity index (χ0v) is 15.5. The molecular formula is C16H13N9O2S. The third-order valence-corrected chi connectivity index (χ3v) is 4.63. The van der Waals surface area contributed by atoms with E-state index < -0.39 is 0 Å². The minimum absolute atomic E-state index is 0.130. The van der Waals surface area contributed by atoms with Gasteiger partial charge in [-0.25, -0.2) is 14.6 Å². The number of hydrogen-bond acceptors (Lipinski definition) is 11. The van der Waals surface area contributed by atoms with E-state index in [1.165, 1.54) is 17.1 Å². The topological polar surface area (TPSA) is 146 Å². The summed E-state index contributed by atoms with van der Waals surface area (Å²) in [5.41, 5.74) is 1.66. The maximum atomic E-state index is 10.3. The van der Waals surface area contributed by atoms with Crippen LogP contribution in [0.2, 0.25) is 0 Å². The summed E-state index contributed by atoms with van der Waals surface area (Å²) >= 11 is 1.11. The van der Waals surface area contributed by atoms with Crippen LogP contribution in [0, 0.1) is 6.92 Å². The van der Waals surface area contributed by atoms with Gasteiger partial charge in [0.05, 0.1) is 12.4 Å². The Labute approximate surface area is 161 Å². The first kappa shape index (κ1) is 17.6. The van der Waals surface area contributed by atoms with Gasteiger partial charge in [-0.2, -0.15) is 9.47 Å². The van der Waals surface area contributed by atoms with Gasteiger partial charge in [-0.3, -0.25) is 0 Å². The minimum Gasteiger partial charge on any atom is -0.505 e. The molecule has 3 aromatic heterocycles. The molecule has 12 heteroatoms. The van der Waals surface area contributed by atoms with Crippen LogP contribution in [-0.2, 0) is 7.05 Å². The molecule has 28 heavy (non-hydrogen) atoms. The molecule has 0 bridgehead atoms. The van der Waals surface area contributed by atoms with Gasteiger partial charge in [0.2, 0.25) is 0 Å². The van der Waals surface area contributed by atoms with Gasteiger partial charge in [-0.1, -0.05) is 0 Å². The molecule has 0 aliphatic rings. The van der Waals surface area contributed by atoms with Crippen molar-refractivity contribution in [2.45, 2.75) is 6.92 Å². The van der Waals surface area contributed by atoms with Crippen LogP contribution in [0.1, 0.15) is 5.56 Å². The molecule has 0 radical (unpaired) electrons. The standard InChI is InChI=1S/C16H13N9O2S/c1-8-14(26)9(20-22-12-3-4-19-25(12)2)5-10(15(8)27)21-23-16-13-11(24-28-16)6-17-7-18-13/h3-7,26-27H,1-2H3. The summed E-state index contributed by atoms with van der Waals surface area (Å²) in [7, 11) is 1.72.